The summed E-state index contributed by atoms with van der Waals surface area (Å²) in [5.74, 6) is 0.566. The Hall–Kier alpha value is -0.680. The molecule has 1 unspecified atom stereocenters. The molecular formula is C12H21N3OS. The van der Waals surface area contributed by atoms with Gasteiger partial charge in [0.05, 0.1) is 11.5 Å². The second-order valence-electron chi connectivity index (χ2n) is 5.06. The molecule has 0 aromatic heterocycles. The van der Waals surface area contributed by atoms with Gasteiger partial charge in [0.1, 0.15) is 0 Å². The Bertz CT molecular complexity index is 302. The standard InChI is InChI=1S/C12H21N3OS/c13-12(17)10-4-3-5-14(8-10)9-11(16)15-6-1-2-7-15/h10H,1-9H2,(H2,13,17). The van der Waals surface area contributed by atoms with E-state index in [1.54, 1.807) is 0 Å². The van der Waals surface area contributed by atoms with Crippen molar-refractivity contribution in [1.29, 1.82) is 0 Å². The second kappa shape index (κ2) is 5.78. The maximum Gasteiger partial charge on any atom is 0.236 e. The predicted octanol–water partition coefficient (Wildman–Crippen LogP) is 0.607. The smallest absolute Gasteiger partial charge is 0.236 e. The number of thiocarbonyl (C=S) groups is 1. The Morgan fingerprint density at radius 3 is 2.59 bits per heavy atom. The quantitative estimate of drug-likeness (QED) is 0.751. The number of hydrogen-bond donors (Lipinski definition) is 1. The third-order valence-electron chi connectivity index (χ3n) is 3.73. The molecule has 0 radical (unpaired) electrons. The van der Waals surface area contributed by atoms with Crippen LogP contribution in [0.5, 0.6) is 0 Å². The number of carbonyl (C=O) groups is 1. The van der Waals surface area contributed by atoms with E-state index in [1.165, 1.54) is 0 Å². The van der Waals surface area contributed by atoms with Crippen LogP contribution >= 0.6 is 12.2 Å². The molecule has 5 heteroatoms. The summed E-state index contributed by atoms with van der Waals surface area (Å²) in [6, 6.07) is 0. The molecule has 2 saturated heterocycles. The molecule has 2 heterocycles. The van der Waals surface area contributed by atoms with Gasteiger partial charge >= 0.3 is 0 Å². The summed E-state index contributed by atoms with van der Waals surface area (Å²) in [6.45, 7) is 4.27. The molecule has 0 bridgehead atoms. The summed E-state index contributed by atoms with van der Waals surface area (Å²) < 4.78 is 0. The number of piperidine rings is 1. The molecule has 0 aromatic rings. The van der Waals surface area contributed by atoms with Crippen molar-refractivity contribution in [2.45, 2.75) is 25.7 Å². The number of rotatable bonds is 3. The molecule has 4 nitrogen and oxygen atoms in total. The van der Waals surface area contributed by atoms with Gasteiger partial charge in [-0.15, -0.1) is 0 Å². The Kier molecular flexibility index (Phi) is 4.34. The van der Waals surface area contributed by atoms with Gasteiger partial charge in [0.15, 0.2) is 0 Å². The molecule has 2 aliphatic heterocycles. The molecule has 0 saturated carbocycles. The topological polar surface area (TPSA) is 49.6 Å². The highest BCUT2D eigenvalue weighted by Gasteiger charge is 2.25. The number of likely N-dealkylation sites (tertiary alicyclic amines) is 2. The molecule has 0 spiro atoms. The van der Waals surface area contributed by atoms with Gasteiger partial charge in [0.2, 0.25) is 5.91 Å². The van der Waals surface area contributed by atoms with E-state index in [9.17, 15) is 4.79 Å². The molecule has 0 aromatic carbocycles. The lowest BCUT2D eigenvalue weighted by atomic mass is 9.98. The Morgan fingerprint density at radius 1 is 1.24 bits per heavy atom. The van der Waals surface area contributed by atoms with Crippen LogP contribution in [0.25, 0.3) is 0 Å². The zero-order valence-electron chi connectivity index (χ0n) is 10.2. The van der Waals surface area contributed by atoms with Crippen LogP contribution in [-0.2, 0) is 4.79 Å². The van der Waals surface area contributed by atoms with Crippen molar-refractivity contribution in [3.63, 3.8) is 0 Å². The van der Waals surface area contributed by atoms with E-state index in [1.807, 2.05) is 4.90 Å². The van der Waals surface area contributed by atoms with Crippen LogP contribution in [0.3, 0.4) is 0 Å². The minimum atomic E-state index is 0.270. The molecule has 1 atom stereocenters. The van der Waals surface area contributed by atoms with Gasteiger partial charge in [-0.2, -0.15) is 0 Å². The van der Waals surface area contributed by atoms with Gasteiger partial charge in [-0.05, 0) is 32.2 Å². The highest BCUT2D eigenvalue weighted by atomic mass is 32.1. The molecule has 2 N–H and O–H groups in total. The van der Waals surface area contributed by atoms with E-state index in [2.05, 4.69) is 4.90 Å². The summed E-state index contributed by atoms with van der Waals surface area (Å²) in [5.41, 5.74) is 5.69. The summed E-state index contributed by atoms with van der Waals surface area (Å²) in [4.78, 5) is 16.8. The van der Waals surface area contributed by atoms with Crippen molar-refractivity contribution in [3.05, 3.63) is 0 Å². The Morgan fingerprint density at radius 2 is 1.94 bits per heavy atom. The first-order valence-electron chi connectivity index (χ1n) is 6.46. The molecule has 0 aliphatic carbocycles. The lowest BCUT2D eigenvalue weighted by Crippen LogP contribution is -2.45. The molecule has 2 rings (SSSR count). The molecular weight excluding hydrogens is 234 g/mol. The normalized spacial score (nSPS) is 26.1. The molecule has 17 heavy (non-hydrogen) atoms. The van der Waals surface area contributed by atoms with Crippen LogP contribution in [0, 0.1) is 5.92 Å². The zero-order chi connectivity index (χ0) is 12.3. The maximum absolute atomic E-state index is 12.0. The van der Waals surface area contributed by atoms with Crippen LogP contribution in [0.15, 0.2) is 0 Å². The first-order chi connectivity index (χ1) is 8.16. The van der Waals surface area contributed by atoms with Crippen molar-refractivity contribution in [1.82, 2.24) is 9.80 Å². The van der Waals surface area contributed by atoms with Gasteiger partial charge in [0.25, 0.3) is 0 Å². The maximum atomic E-state index is 12.0. The van der Waals surface area contributed by atoms with E-state index in [4.69, 9.17) is 18.0 Å². The number of nitrogens with zero attached hydrogens (tertiary/aromatic N) is 2. The molecule has 2 aliphatic rings. The van der Waals surface area contributed by atoms with Crippen molar-refractivity contribution in [3.8, 4) is 0 Å². The van der Waals surface area contributed by atoms with Crippen molar-refractivity contribution >= 4 is 23.1 Å². The fourth-order valence-corrected chi connectivity index (χ4v) is 2.88. The van der Waals surface area contributed by atoms with Crippen LogP contribution < -0.4 is 5.73 Å². The summed E-state index contributed by atoms with van der Waals surface area (Å²) in [6.07, 6.45) is 4.47. The minimum Gasteiger partial charge on any atom is -0.393 e. The monoisotopic (exact) mass is 255 g/mol. The van der Waals surface area contributed by atoms with Gasteiger partial charge in [0, 0.05) is 25.6 Å². The predicted molar refractivity (Wildman–Crippen MR) is 71.8 cm³/mol. The first kappa shape index (κ1) is 12.8. The number of nitrogens with two attached hydrogens (primary N) is 1. The first-order valence-corrected chi connectivity index (χ1v) is 6.87. The molecule has 96 valence electrons. The van der Waals surface area contributed by atoms with Crippen LogP contribution in [0.1, 0.15) is 25.7 Å². The van der Waals surface area contributed by atoms with Crippen LogP contribution in [0.4, 0.5) is 0 Å². The van der Waals surface area contributed by atoms with E-state index in [0.717, 1.165) is 51.9 Å². The largest absolute Gasteiger partial charge is 0.393 e. The highest BCUT2D eigenvalue weighted by molar-refractivity contribution is 7.80. The fourth-order valence-electron chi connectivity index (χ4n) is 2.69. The molecule has 2 fully saturated rings. The highest BCUT2D eigenvalue weighted by Crippen LogP contribution is 2.17. The van der Waals surface area contributed by atoms with Crippen LogP contribution in [-0.4, -0.2) is 53.4 Å². The number of hydrogen-bond acceptors (Lipinski definition) is 3. The second-order valence-corrected chi connectivity index (χ2v) is 5.54. The lowest BCUT2D eigenvalue weighted by molar-refractivity contribution is -0.131. The molecule has 1 amide bonds. The third kappa shape index (κ3) is 3.39. The van der Waals surface area contributed by atoms with Gasteiger partial charge in [-0.1, -0.05) is 12.2 Å². The summed E-state index contributed by atoms with van der Waals surface area (Å²) in [7, 11) is 0. The summed E-state index contributed by atoms with van der Waals surface area (Å²) in [5, 5.41) is 0. The van der Waals surface area contributed by atoms with Gasteiger partial charge < -0.3 is 10.6 Å². The van der Waals surface area contributed by atoms with Crippen molar-refractivity contribution in [2.75, 3.05) is 32.7 Å². The van der Waals surface area contributed by atoms with E-state index in [-0.39, 0.29) is 5.91 Å². The number of amides is 1. The average molecular weight is 255 g/mol. The van der Waals surface area contributed by atoms with E-state index >= 15 is 0 Å². The van der Waals surface area contributed by atoms with Crippen molar-refractivity contribution in [2.24, 2.45) is 11.7 Å². The Labute approximate surface area is 108 Å². The zero-order valence-corrected chi connectivity index (χ0v) is 11.0. The Balaban J connectivity index is 1.81. The van der Waals surface area contributed by atoms with Gasteiger partial charge in [-0.25, -0.2) is 0 Å². The summed E-state index contributed by atoms with van der Waals surface area (Å²) >= 11 is 5.05. The average Bonchev–Trinajstić information content (AvgIpc) is 2.82. The van der Waals surface area contributed by atoms with E-state index < -0.39 is 0 Å². The van der Waals surface area contributed by atoms with E-state index in [0.29, 0.717) is 17.5 Å². The number of carbonyl (C=O) groups excluding carboxylic acids is 1. The lowest BCUT2D eigenvalue weighted by Gasteiger charge is -2.32. The minimum absolute atomic E-state index is 0.270. The SMILES string of the molecule is NC(=S)C1CCCN(CC(=O)N2CCCC2)C1. The van der Waals surface area contributed by atoms with Gasteiger partial charge in [-0.3, -0.25) is 9.69 Å². The van der Waals surface area contributed by atoms with Crippen LogP contribution in [0.2, 0.25) is 0 Å². The fraction of sp³-hybridized carbons (Fsp3) is 0.833. The third-order valence-corrected chi connectivity index (χ3v) is 4.06. The van der Waals surface area contributed by atoms with Crippen molar-refractivity contribution < 1.29 is 4.79 Å².